The van der Waals surface area contributed by atoms with Crippen LogP contribution in [0.15, 0.2) is 61.1 Å². The number of fused-ring (bicyclic) bond motifs is 1. The van der Waals surface area contributed by atoms with Gasteiger partial charge in [-0.2, -0.15) is 4.98 Å². The van der Waals surface area contributed by atoms with Crippen LogP contribution in [0.25, 0.3) is 11.0 Å². The third-order valence-corrected chi connectivity index (χ3v) is 6.44. The predicted octanol–water partition coefficient (Wildman–Crippen LogP) is 2.79. The lowest BCUT2D eigenvalue weighted by Crippen LogP contribution is -2.49. The fourth-order valence-corrected chi connectivity index (χ4v) is 4.76. The Hall–Kier alpha value is -3.70. The van der Waals surface area contributed by atoms with Gasteiger partial charge in [-0.3, -0.25) is 4.72 Å². The topological polar surface area (TPSA) is 117 Å². The standard InChI is InChI=1S/C24H28N8O2S/c1-17-15-31(13-11-25-17)21-7-5-20(6-8-21)28-24-27-14-18-9-12-32(23(18)29-24)16-19-4-3-10-26-22(19)30-35(2,33)34/h3-10,12,14,17,25H,11,13,15-16H2,1-2H3,(H,26,30)(H,27,28,29)/t17-/m1/s1. The average Bonchev–Trinajstić information content (AvgIpc) is 3.22. The van der Waals surface area contributed by atoms with Crippen molar-refractivity contribution in [2.24, 2.45) is 0 Å². The molecule has 0 radical (unpaired) electrons. The van der Waals surface area contributed by atoms with E-state index in [0.29, 0.717) is 24.4 Å². The monoisotopic (exact) mass is 492 g/mol. The fourth-order valence-electron chi connectivity index (χ4n) is 4.23. The van der Waals surface area contributed by atoms with Gasteiger partial charge in [-0.05, 0) is 43.3 Å². The Labute approximate surface area is 204 Å². The van der Waals surface area contributed by atoms with Gasteiger partial charge >= 0.3 is 0 Å². The lowest BCUT2D eigenvalue weighted by atomic mass is 10.2. The molecule has 0 saturated carbocycles. The fraction of sp³-hybridized carbons (Fsp3) is 0.292. The second-order valence-electron chi connectivity index (χ2n) is 8.77. The Bertz CT molecular complexity index is 1440. The molecule has 5 rings (SSSR count). The molecule has 0 unspecified atom stereocenters. The van der Waals surface area contributed by atoms with Crippen LogP contribution in [0.1, 0.15) is 12.5 Å². The maximum Gasteiger partial charge on any atom is 0.230 e. The zero-order chi connectivity index (χ0) is 24.4. The average molecular weight is 493 g/mol. The van der Waals surface area contributed by atoms with Crippen molar-refractivity contribution in [3.8, 4) is 0 Å². The summed E-state index contributed by atoms with van der Waals surface area (Å²) in [4.78, 5) is 15.7. The summed E-state index contributed by atoms with van der Waals surface area (Å²) in [6.45, 7) is 5.57. The number of anilines is 4. The van der Waals surface area contributed by atoms with Gasteiger partial charge in [-0.15, -0.1) is 0 Å². The van der Waals surface area contributed by atoms with E-state index in [1.54, 1.807) is 18.5 Å². The molecule has 4 heterocycles. The van der Waals surface area contributed by atoms with Crippen LogP contribution in [0.4, 0.5) is 23.1 Å². The number of sulfonamides is 1. The molecular weight excluding hydrogens is 464 g/mol. The molecule has 182 valence electrons. The van der Waals surface area contributed by atoms with E-state index < -0.39 is 10.0 Å². The molecule has 1 aliphatic heterocycles. The summed E-state index contributed by atoms with van der Waals surface area (Å²) in [5, 5.41) is 7.64. The van der Waals surface area contributed by atoms with E-state index in [1.807, 2.05) is 35.0 Å². The van der Waals surface area contributed by atoms with Crippen molar-refractivity contribution in [2.45, 2.75) is 19.5 Å². The van der Waals surface area contributed by atoms with Crippen LogP contribution >= 0.6 is 0 Å². The van der Waals surface area contributed by atoms with Crippen LogP contribution in [0, 0.1) is 0 Å². The van der Waals surface area contributed by atoms with E-state index in [9.17, 15) is 8.42 Å². The SMILES string of the molecule is C[C@@H]1CN(c2ccc(Nc3ncc4ccn(Cc5cccnc5NS(C)(=O)=O)c4n3)cc2)CCN1. The Morgan fingerprint density at radius 3 is 2.74 bits per heavy atom. The molecule has 3 aromatic heterocycles. The van der Waals surface area contributed by atoms with Gasteiger partial charge in [0, 0.05) is 66.6 Å². The van der Waals surface area contributed by atoms with Crippen molar-refractivity contribution < 1.29 is 8.42 Å². The summed E-state index contributed by atoms with van der Waals surface area (Å²) in [5.74, 6) is 0.796. The summed E-state index contributed by atoms with van der Waals surface area (Å²) in [7, 11) is -3.44. The highest BCUT2D eigenvalue weighted by Crippen LogP contribution is 2.23. The van der Waals surface area contributed by atoms with E-state index in [0.717, 1.165) is 48.2 Å². The number of nitrogens with zero attached hydrogens (tertiary/aromatic N) is 5. The van der Waals surface area contributed by atoms with Gasteiger partial charge in [-0.1, -0.05) is 6.07 Å². The summed E-state index contributed by atoms with van der Waals surface area (Å²) in [6, 6.07) is 14.3. The van der Waals surface area contributed by atoms with E-state index >= 15 is 0 Å². The molecule has 35 heavy (non-hydrogen) atoms. The van der Waals surface area contributed by atoms with Crippen molar-refractivity contribution in [1.82, 2.24) is 24.8 Å². The summed E-state index contributed by atoms with van der Waals surface area (Å²) in [6.07, 6.45) is 6.35. The number of nitrogens with one attached hydrogen (secondary N) is 3. The first-order valence-corrected chi connectivity index (χ1v) is 13.3. The molecule has 1 aliphatic rings. The number of benzene rings is 1. The van der Waals surface area contributed by atoms with E-state index in [1.165, 1.54) is 5.69 Å². The quantitative estimate of drug-likeness (QED) is 0.361. The summed E-state index contributed by atoms with van der Waals surface area (Å²) in [5.41, 5.74) is 3.58. The molecule has 0 spiro atoms. The minimum absolute atomic E-state index is 0.309. The maximum atomic E-state index is 11.7. The Morgan fingerprint density at radius 1 is 1.14 bits per heavy atom. The predicted molar refractivity (Wildman–Crippen MR) is 139 cm³/mol. The third-order valence-electron chi connectivity index (χ3n) is 5.87. The van der Waals surface area contributed by atoms with Gasteiger partial charge in [0.05, 0.1) is 12.8 Å². The maximum absolute atomic E-state index is 11.7. The van der Waals surface area contributed by atoms with Gasteiger partial charge in [0.25, 0.3) is 0 Å². The van der Waals surface area contributed by atoms with Crippen molar-refractivity contribution in [3.63, 3.8) is 0 Å². The van der Waals surface area contributed by atoms with Gasteiger partial charge in [0.2, 0.25) is 16.0 Å². The molecule has 10 nitrogen and oxygen atoms in total. The van der Waals surface area contributed by atoms with Crippen LogP contribution in [-0.2, 0) is 16.6 Å². The highest BCUT2D eigenvalue weighted by atomic mass is 32.2. The van der Waals surface area contributed by atoms with E-state index in [4.69, 9.17) is 4.98 Å². The molecule has 1 aromatic carbocycles. The molecule has 1 fully saturated rings. The molecule has 11 heteroatoms. The molecule has 0 bridgehead atoms. The van der Waals surface area contributed by atoms with E-state index in [-0.39, 0.29) is 0 Å². The van der Waals surface area contributed by atoms with Gasteiger partial charge in [0.15, 0.2) is 0 Å². The number of rotatable bonds is 7. The highest BCUT2D eigenvalue weighted by molar-refractivity contribution is 7.92. The van der Waals surface area contributed by atoms with Crippen LogP contribution in [-0.4, -0.2) is 59.9 Å². The van der Waals surface area contributed by atoms with Gasteiger partial charge < -0.3 is 20.1 Å². The second kappa shape index (κ2) is 9.51. The lowest BCUT2D eigenvalue weighted by molar-refractivity contribution is 0.485. The first kappa shape index (κ1) is 23.1. The zero-order valence-electron chi connectivity index (χ0n) is 19.6. The molecule has 0 amide bonds. The molecule has 0 aliphatic carbocycles. The van der Waals surface area contributed by atoms with E-state index in [2.05, 4.69) is 49.3 Å². The van der Waals surface area contributed by atoms with Crippen molar-refractivity contribution in [3.05, 3.63) is 66.6 Å². The first-order valence-electron chi connectivity index (χ1n) is 11.4. The first-order chi connectivity index (χ1) is 16.8. The molecule has 4 aromatic rings. The summed E-state index contributed by atoms with van der Waals surface area (Å²) >= 11 is 0. The lowest BCUT2D eigenvalue weighted by Gasteiger charge is -2.33. The molecule has 1 saturated heterocycles. The third kappa shape index (κ3) is 5.52. The number of hydrogen-bond acceptors (Lipinski definition) is 8. The van der Waals surface area contributed by atoms with Gasteiger partial charge in [-0.25, -0.2) is 18.4 Å². The minimum Gasteiger partial charge on any atom is -0.369 e. The Morgan fingerprint density at radius 2 is 1.97 bits per heavy atom. The van der Waals surface area contributed by atoms with Crippen LogP contribution in [0.2, 0.25) is 0 Å². The molecule has 3 N–H and O–H groups in total. The Balaban J connectivity index is 1.35. The van der Waals surface area contributed by atoms with Crippen molar-refractivity contribution >= 4 is 44.2 Å². The number of hydrogen-bond donors (Lipinski definition) is 3. The van der Waals surface area contributed by atoms with Crippen LogP contribution in [0.5, 0.6) is 0 Å². The van der Waals surface area contributed by atoms with Crippen LogP contribution in [0.3, 0.4) is 0 Å². The van der Waals surface area contributed by atoms with Crippen molar-refractivity contribution in [2.75, 3.05) is 40.8 Å². The van der Waals surface area contributed by atoms with Crippen LogP contribution < -0.4 is 20.3 Å². The normalized spacial score (nSPS) is 16.4. The number of aromatic nitrogens is 4. The summed E-state index contributed by atoms with van der Waals surface area (Å²) < 4.78 is 27.9. The number of piperazine rings is 1. The second-order valence-corrected chi connectivity index (χ2v) is 10.5. The molecular formula is C24H28N8O2S. The minimum atomic E-state index is -3.44. The smallest absolute Gasteiger partial charge is 0.230 e. The zero-order valence-corrected chi connectivity index (χ0v) is 20.5. The Kier molecular flexibility index (Phi) is 6.27. The highest BCUT2D eigenvalue weighted by Gasteiger charge is 2.16. The van der Waals surface area contributed by atoms with Gasteiger partial charge in [0.1, 0.15) is 11.5 Å². The largest absolute Gasteiger partial charge is 0.369 e. The molecule has 1 atom stereocenters. The number of pyridine rings is 1. The van der Waals surface area contributed by atoms with Crippen molar-refractivity contribution in [1.29, 1.82) is 0 Å².